The fourth-order valence-electron chi connectivity index (χ4n) is 4.51. The molecule has 32 heavy (non-hydrogen) atoms. The van der Waals surface area contributed by atoms with Gasteiger partial charge in [0.05, 0.1) is 6.61 Å². The summed E-state index contributed by atoms with van der Waals surface area (Å²) in [5, 5.41) is 0. The molecule has 0 aliphatic heterocycles. The molecule has 1 unspecified atom stereocenters. The third kappa shape index (κ3) is 26.1. The van der Waals surface area contributed by atoms with E-state index in [4.69, 9.17) is 4.55 Å². The lowest BCUT2D eigenvalue weighted by molar-refractivity contribution is 0.204. The lowest BCUT2D eigenvalue weighted by atomic mass is 9.95. The van der Waals surface area contributed by atoms with Gasteiger partial charge < -0.3 is 0 Å². The van der Waals surface area contributed by atoms with Crippen LogP contribution >= 0.6 is 0 Å². The molecule has 0 saturated carbocycles. The van der Waals surface area contributed by atoms with Gasteiger partial charge in [0.15, 0.2) is 0 Å². The summed E-state index contributed by atoms with van der Waals surface area (Å²) in [4.78, 5) is 0. The Kier molecular flexibility index (Phi) is 23.9. The minimum atomic E-state index is -4.32. The van der Waals surface area contributed by atoms with Crippen LogP contribution in [0.2, 0.25) is 0 Å². The SMILES string of the molecule is CCCCCCCCCCCCCCCCCCC(CCCCCCC)COS(=O)(=O)O. The van der Waals surface area contributed by atoms with Crippen LogP contribution in [0.3, 0.4) is 0 Å². The Morgan fingerprint density at radius 3 is 1.09 bits per heavy atom. The van der Waals surface area contributed by atoms with Crippen molar-refractivity contribution in [2.75, 3.05) is 6.61 Å². The topological polar surface area (TPSA) is 63.6 Å². The molecule has 194 valence electrons. The summed E-state index contributed by atoms with van der Waals surface area (Å²) in [7, 11) is -4.32. The zero-order chi connectivity index (χ0) is 23.8. The summed E-state index contributed by atoms with van der Waals surface area (Å²) in [6.45, 7) is 4.62. The van der Waals surface area contributed by atoms with Crippen molar-refractivity contribution in [1.82, 2.24) is 0 Å². The number of hydrogen-bond acceptors (Lipinski definition) is 3. The Bertz CT molecular complexity index is 464. The minimum absolute atomic E-state index is 0.130. The molecule has 4 nitrogen and oxygen atoms in total. The van der Waals surface area contributed by atoms with E-state index in [-0.39, 0.29) is 12.5 Å². The maximum Gasteiger partial charge on any atom is 0.397 e. The largest absolute Gasteiger partial charge is 0.397 e. The predicted octanol–water partition coefficient (Wildman–Crippen LogP) is 9.43. The molecule has 0 aliphatic carbocycles. The van der Waals surface area contributed by atoms with Gasteiger partial charge in [-0.25, -0.2) is 4.18 Å². The van der Waals surface area contributed by atoms with E-state index in [0.29, 0.717) is 0 Å². The lowest BCUT2D eigenvalue weighted by Crippen LogP contribution is -2.14. The Balaban J connectivity index is 3.58. The van der Waals surface area contributed by atoms with Crippen LogP contribution < -0.4 is 0 Å². The molecule has 0 fully saturated rings. The molecule has 0 aromatic carbocycles. The molecule has 0 radical (unpaired) electrons. The highest BCUT2D eigenvalue weighted by atomic mass is 32.3. The summed E-state index contributed by atoms with van der Waals surface area (Å²) < 4.78 is 35.4. The van der Waals surface area contributed by atoms with Gasteiger partial charge in [0.1, 0.15) is 0 Å². The van der Waals surface area contributed by atoms with Crippen molar-refractivity contribution < 1.29 is 17.2 Å². The van der Waals surface area contributed by atoms with Crippen LogP contribution in [0.1, 0.15) is 162 Å². The van der Waals surface area contributed by atoms with Crippen molar-refractivity contribution in [3.8, 4) is 0 Å². The molecule has 1 N–H and O–H groups in total. The lowest BCUT2D eigenvalue weighted by Gasteiger charge is -2.16. The summed E-state index contributed by atoms with van der Waals surface area (Å²) in [5.41, 5.74) is 0. The Labute approximate surface area is 201 Å². The Morgan fingerprint density at radius 2 is 0.812 bits per heavy atom. The maximum absolute atomic E-state index is 10.9. The van der Waals surface area contributed by atoms with Crippen LogP contribution in [0.4, 0.5) is 0 Å². The number of rotatable bonds is 26. The first-order valence-corrected chi connectivity index (χ1v) is 15.5. The fourth-order valence-corrected chi connectivity index (χ4v) is 4.88. The second kappa shape index (κ2) is 24.0. The number of unbranched alkanes of at least 4 members (excludes halogenated alkanes) is 19. The molecule has 0 aromatic rings. The van der Waals surface area contributed by atoms with E-state index in [1.54, 1.807) is 0 Å². The molecular weight excluding hydrogens is 420 g/mol. The normalized spacial score (nSPS) is 13.0. The van der Waals surface area contributed by atoms with Crippen LogP contribution in [0, 0.1) is 5.92 Å². The summed E-state index contributed by atoms with van der Waals surface area (Å²) in [6, 6.07) is 0. The summed E-state index contributed by atoms with van der Waals surface area (Å²) in [6.07, 6.45) is 29.9. The van der Waals surface area contributed by atoms with Crippen LogP contribution in [0.5, 0.6) is 0 Å². The standard InChI is InChI=1S/C27H56O4S/c1-3-5-7-9-10-11-12-13-14-15-16-17-18-19-21-23-25-27(26-31-32(28,29)30)24-22-20-8-6-4-2/h27H,3-26H2,1-2H3,(H,28,29,30). The molecule has 1 atom stereocenters. The third-order valence-corrected chi connectivity index (χ3v) is 7.07. The predicted molar refractivity (Wildman–Crippen MR) is 139 cm³/mol. The quantitative estimate of drug-likeness (QED) is 0.0997. The molecule has 0 bridgehead atoms. The van der Waals surface area contributed by atoms with E-state index >= 15 is 0 Å². The van der Waals surface area contributed by atoms with Gasteiger partial charge in [-0.2, -0.15) is 8.42 Å². The van der Waals surface area contributed by atoms with Gasteiger partial charge in [-0.3, -0.25) is 4.55 Å². The first kappa shape index (κ1) is 31.9. The monoisotopic (exact) mass is 476 g/mol. The van der Waals surface area contributed by atoms with Crippen molar-refractivity contribution in [2.24, 2.45) is 5.92 Å². The molecule has 5 heteroatoms. The van der Waals surface area contributed by atoms with E-state index < -0.39 is 10.4 Å². The first-order chi connectivity index (χ1) is 15.5. The van der Waals surface area contributed by atoms with Gasteiger partial charge in [0.25, 0.3) is 0 Å². The van der Waals surface area contributed by atoms with Gasteiger partial charge in [0.2, 0.25) is 0 Å². The minimum Gasteiger partial charge on any atom is -0.264 e. The first-order valence-electron chi connectivity index (χ1n) is 14.1. The highest BCUT2D eigenvalue weighted by Gasteiger charge is 2.13. The summed E-state index contributed by atoms with van der Waals surface area (Å²) in [5.74, 6) is 0.241. The molecule has 0 heterocycles. The van der Waals surface area contributed by atoms with Crippen LogP contribution in [0.25, 0.3) is 0 Å². The van der Waals surface area contributed by atoms with Crippen LogP contribution in [0.15, 0.2) is 0 Å². The van der Waals surface area contributed by atoms with Crippen molar-refractivity contribution in [3.05, 3.63) is 0 Å². The molecular formula is C27H56O4S. The van der Waals surface area contributed by atoms with E-state index in [0.717, 1.165) is 25.7 Å². The third-order valence-electron chi connectivity index (χ3n) is 6.63. The van der Waals surface area contributed by atoms with E-state index in [9.17, 15) is 8.42 Å². The van der Waals surface area contributed by atoms with Gasteiger partial charge in [0, 0.05) is 0 Å². The van der Waals surface area contributed by atoms with Gasteiger partial charge >= 0.3 is 10.4 Å². The molecule has 0 amide bonds. The maximum atomic E-state index is 10.9. The molecule has 0 aromatic heterocycles. The molecule has 0 aliphatic rings. The van der Waals surface area contributed by atoms with Gasteiger partial charge in [-0.15, -0.1) is 0 Å². The average molecular weight is 477 g/mol. The van der Waals surface area contributed by atoms with Crippen molar-refractivity contribution in [2.45, 2.75) is 162 Å². The zero-order valence-corrected chi connectivity index (χ0v) is 22.4. The van der Waals surface area contributed by atoms with Gasteiger partial charge in [-0.05, 0) is 18.8 Å². The average Bonchev–Trinajstić information content (AvgIpc) is 2.75. The van der Waals surface area contributed by atoms with Crippen molar-refractivity contribution in [1.29, 1.82) is 0 Å². The molecule has 0 spiro atoms. The van der Waals surface area contributed by atoms with Crippen LogP contribution in [-0.2, 0) is 14.6 Å². The summed E-state index contributed by atoms with van der Waals surface area (Å²) >= 11 is 0. The van der Waals surface area contributed by atoms with Crippen LogP contribution in [-0.4, -0.2) is 19.6 Å². The van der Waals surface area contributed by atoms with Crippen molar-refractivity contribution in [3.63, 3.8) is 0 Å². The second-order valence-electron chi connectivity index (χ2n) is 9.87. The smallest absolute Gasteiger partial charge is 0.264 e. The Hall–Kier alpha value is -0.130. The van der Waals surface area contributed by atoms with E-state index in [1.807, 2.05) is 0 Å². The van der Waals surface area contributed by atoms with Crippen molar-refractivity contribution >= 4 is 10.4 Å². The van der Waals surface area contributed by atoms with E-state index in [2.05, 4.69) is 18.0 Å². The van der Waals surface area contributed by atoms with E-state index in [1.165, 1.54) is 122 Å². The number of hydrogen-bond donors (Lipinski definition) is 1. The second-order valence-corrected chi connectivity index (χ2v) is 11.0. The zero-order valence-electron chi connectivity index (χ0n) is 21.6. The molecule has 0 saturated heterocycles. The fraction of sp³-hybridized carbons (Fsp3) is 1.00. The molecule has 0 rings (SSSR count). The highest BCUT2D eigenvalue weighted by Crippen LogP contribution is 2.20. The highest BCUT2D eigenvalue weighted by molar-refractivity contribution is 7.80. The van der Waals surface area contributed by atoms with Gasteiger partial charge in [-0.1, -0.05) is 149 Å². The Morgan fingerprint density at radius 1 is 0.531 bits per heavy atom.